The summed E-state index contributed by atoms with van der Waals surface area (Å²) < 4.78 is 0. The molecule has 0 aliphatic carbocycles. The number of carbonyl (C=O) groups excluding carboxylic acids is 1. The molecule has 2 nitrogen and oxygen atoms in total. The average Bonchev–Trinajstić information content (AvgIpc) is 2.09. The first-order valence-electron chi connectivity index (χ1n) is 4.49. The number of carbonyl (C=O) groups is 1. The molecule has 1 aromatic carbocycles. The van der Waals surface area contributed by atoms with Gasteiger partial charge in [-0.2, -0.15) is 0 Å². The molecule has 0 saturated heterocycles. The Labute approximate surface area is 90.3 Å². The number of hydrogen-bond donors (Lipinski definition) is 1. The van der Waals surface area contributed by atoms with Crippen molar-refractivity contribution in [1.29, 1.82) is 0 Å². The Morgan fingerprint density at radius 1 is 1.43 bits per heavy atom. The van der Waals surface area contributed by atoms with Crippen LogP contribution in [-0.4, -0.2) is 24.9 Å². The Balaban J connectivity index is 2.82. The van der Waals surface area contributed by atoms with Crippen LogP contribution in [0.25, 0.3) is 0 Å². The molecule has 1 aromatic rings. The Morgan fingerprint density at radius 2 is 2.07 bits per heavy atom. The summed E-state index contributed by atoms with van der Waals surface area (Å²) in [5, 5.41) is 0. The molecule has 0 N–H and O–H groups in total. The fourth-order valence-electron chi connectivity index (χ4n) is 1.14. The predicted molar refractivity (Wildman–Crippen MR) is 60.8 cm³/mol. The molecule has 0 fully saturated rings. The van der Waals surface area contributed by atoms with Gasteiger partial charge in [-0.3, -0.25) is 4.79 Å². The van der Waals surface area contributed by atoms with Crippen LogP contribution in [0.5, 0.6) is 0 Å². The zero-order valence-corrected chi connectivity index (χ0v) is 9.64. The van der Waals surface area contributed by atoms with Crippen LogP contribution in [0.2, 0.25) is 0 Å². The van der Waals surface area contributed by atoms with Crippen molar-refractivity contribution in [2.75, 3.05) is 14.1 Å². The van der Waals surface area contributed by atoms with Gasteiger partial charge in [0.2, 0.25) is 5.91 Å². The van der Waals surface area contributed by atoms with Gasteiger partial charge in [-0.15, -0.1) is 12.6 Å². The Bertz CT molecular complexity index is 347. The van der Waals surface area contributed by atoms with Crippen molar-refractivity contribution in [1.82, 2.24) is 4.90 Å². The summed E-state index contributed by atoms with van der Waals surface area (Å²) in [5.74, 6) is 0.101. The number of aryl methyl sites for hydroxylation is 1. The first-order chi connectivity index (χ1) is 6.50. The normalized spacial score (nSPS) is 10.0. The third kappa shape index (κ3) is 2.77. The van der Waals surface area contributed by atoms with Crippen molar-refractivity contribution < 1.29 is 4.79 Å². The summed E-state index contributed by atoms with van der Waals surface area (Å²) in [6.45, 7) is 2.01. The minimum absolute atomic E-state index is 0.101. The summed E-state index contributed by atoms with van der Waals surface area (Å²) in [4.78, 5) is 13.9. The summed E-state index contributed by atoms with van der Waals surface area (Å²) in [6.07, 6.45) is 0.423. The Hall–Kier alpha value is -0.960. The molecule has 76 valence electrons. The molecule has 0 aromatic heterocycles. The van der Waals surface area contributed by atoms with E-state index in [0.29, 0.717) is 6.42 Å². The van der Waals surface area contributed by atoms with E-state index in [1.165, 1.54) is 0 Å². The van der Waals surface area contributed by atoms with E-state index in [4.69, 9.17) is 0 Å². The van der Waals surface area contributed by atoms with Crippen molar-refractivity contribution in [3.05, 3.63) is 29.3 Å². The van der Waals surface area contributed by atoms with E-state index in [1.54, 1.807) is 19.0 Å². The second-order valence-electron chi connectivity index (χ2n) is 3.60. The second kappa shape index (κ2) is 4.51. The number of nitrogens with zero attached hydrogens (tertiary/aromatic N) is 1. The lowest BCUT2D eigenvalue weighted by atomic mass is 10.1. The second-order valence-corrected chi connectivity index (χ2v) is 4.08. The van der Waals surface area contributed by atoms with Gasteiger partial charge < -0.3 is 4.90 Å². The lowest BCUT2D eigenvalue weighted by molar-refractivity contribution is -0.127. The van der Waals surface area contributed by atoms with E-state index in [0.717, 1.165) is 16.0 Å². The van der Waals surface area contributed by atoms with Crippen LogP contribution in [0, 0.1) is 6.92 Å². The van der Waals surface area contributed by atoms with Gasteiger partial charge in [0, 0.05) is 19.0 Å². The highest BCUT2D eigenvalue weighted by atomic mass is 32.1. The van der Waals surface area contributed by atoms with Crippen LogP contribution >= 0.6 is 12.6 Å². The molecular weight excluding hydrogens is 194 g/mol. The SMILES string of the molecule is Cc1ccc(CC(=O)N(C)C)c(S)c1. The molecule has 0 aliphatic heterocycles. The third-order valence-corrected chi connectivity index (χ3v) is 2.50. The fraction of sp³-hybridized carbons (Fsp3) is 0.364. The number of rotatable bonds is 2. The number of amides is 1. The molecular formula is C11H15NOS. The smallest absolute Gasteiger partial charge is 0.226 e. The molecule has 1 rings (SSSR count). The predicted octanol–water partition coefficient (Wildman–Crippen LogP) is 1.91. The highest BCUT2D eigenvalue weighted by Gasteiger charge is 2.07. The van der Waals surface area contributed by atoms with Gasteiger partial charge >= 0.3 is 0 Å². The van der Waals surface area contributed by atoms with E-state index < -0.39 is 0 Å². The summed E-state index contributed by atoms with van der Waals surface area (Å²) in [6, 6.07) is 5.93. The van der Waals surface area contributed by atoms with Crippen LogP contribution in [0.15, 0.2) is 23.1 Å². The molecule has 0 saturated carbocycles. The Kier molecular flexibility index (Phi) is 3.58. The number of thiol groups is 1. The molecule has 14 heavy (non-hydrogen) atoms. The minimum Gasteiger partial charge on any atom is -0.349 e. The molecule has 0 spiro atoms. The highest BCUT2D eigenvalue weighted by molar-refractivity contribution is 7.80. The first kappa shape index (κ1) is 11.1. The molecule has 0 radical (unpaired) electrons. The first-order valence-corrected chi connectivity index (χ1v) is 4.94. The maximum atomic E-state index is 11.4. The van der Waals surface area contributed by atoms with Gasteiger partial charge in [0.1, 0.15) is 0 Å². The van der Waals surface area contributed by atoms with Crippen LogP contribution in [0.3, 0.4) is 0 Å². The lowest BCUT2D eigenvalue weighted by Crippen LogP contribution is -2.23. The number of benzene rings is 1. The van der Waals surface area contributed by atoms with Crippen LogP contribution in [0.4, 0.5) is 0 Å². The van der Waals surface area contributed by atoms with E-state index >= 15 is 0 Å². The van der Waals surface area contributed by atoms with Gasteiger partial charge in [0.25, 0.3) is 0 Å². The van der Waals surface area contributed by atoms with Crippen molar-refractivity contribution in [2.45, 2.75) is 18.2 Å². The fourth-order valence-corrected chi connectivity index (χ4v) is 1.50. The van der Waals surface area contributed by atoms with Crippen LogP contribution in [-0.2, 0) is 11.2 Å². The monoisotopic (exact) mass is 209 g/mol. The number of likely N-dealkylation sites (N-methyl/N-ethyl adjacent to an activating group) is 1. The van der Waals surface area contributed by atoms with E-state index in [1.807, 2.05) is 25.1 Å². The van der Waals surface area contributed by atoms with Gasteiger partial charge in [0.05, 0.1) is 6.42 Å². The highest BCUT2D eigenvalue weighted by Crippen LogP contribution is 2.16. The largest absolute Gasteiger partial charge is 0.349 e. The third-order valence-electron chi connectivity index (χ3n) is 2.08. The lowest BCUT2D eigenvalue weighted by Gasteiger charge is -2.11. The maximum absolute atomic E-state index is 11.4. The molecule has 0 heterocycles. The van der Waals surface area contributed by atoms with Gasteiger partial charge in [-0.1, -0.05) is 17.7 Å². The van der Waals surface area contributed by atoms with Crippen molar-refractivity contribution >= 4 is 18.5 Å². The molecule has 0 atom stereocenters. The molecule has 1 amide bonds. The van der Waals surface area contributed by atoms with Gasteiger partial charge in [-0.25, -0.2) is 0 Å². The minimum atomic E-state index is 0.101. The quantitative estimate of drug-likeness (QED) is 0.738. The van der Waals surface area contributed by atoms with E-state index in [9.17, 15) is 4.79 Å². The average molecular weight is 209 g/mol. The van der Waals surface area contributed by atoms with Gasteiger partial charge in [0.15, 0.2) is 0 Å². The van der Waals surface area contributed by atoms with Gasteiger partial charge in [-0.05, 0) is 18.6 Å². The summed E-state index contributed by atoms with van der Waals surface area (Å²) in [7, 11) is 3.52. The molecule has 0 bridgehead atoms. The van der Waals surface area contributed by atoms with Crippen molar-refractivity contribution in [3.63, 3.8) is 0 Å². The topological polar surface area (TPSA) is 20.3 Å². The molecule has 0 aliphatic rings. The zero-order chi connectivity index (χ0) is 10.7. The zero-order valence-electron chi connectivity index (χ0n) is 8.74. The molecule has 3 heteroatoms. The van der Waals surface area contributed by atoms with E-state index in [-0.39, 0.29) is 5.91 Å². The number of hydrogen-bond acceptors (Lipinski definition) is 2. The standard InChI is InChI=1S/C11H15NOS/c1-8-4-5-9(10(14)6-8)7-11(13)12(2)3/h4-6,14H,7H2,1-3H3. The molecule has 0 unspecified atom stereocenters. The summed E-state index contributed by atoms with van der Waals surface area (Å²) in [5.41, 5.74) is 2.15. The van der Waals surface area contributed by atoms with E-state index in [2.05, 4.69) is 12.6 Å². The van der Waals surface area contributed by atoms with Crippen LogP contribution in [0.1, 0.15) is 11.1 Å². The van der Waals surface area contributed by atoms with Crippen LogP contribution < -0.4 is 0 Å². The van der Waals surface area contributed by atoms with Crippen molar-refractivity contribution in [3.8, 4) is 0 Å². The Morgan fingerprint density at radius 3 is 2.57 bits per heavy atom. The summed E-state index contributed by atoms with van der Waals surface area (Å²) >= 11 is 4.34. The maximum Gasteiger partial charge on any atom is 0.226 e. The van der Waals surface area contributed by atoms with Crippen molar-refractivity contribution in [2.24, 2.45) is 0 Å².